The third kappa shape index (κ3) is 3.96. The molecule has 0 saturated carbocycles. The van der Waals surface area contributed by atoms with Crippen LogP contribution in [-0.2, 0) is 16.1 Å². The summed E-state index contributed by atoms with van der Waals surface area (Å²) in [6.07, 6.45) is 1.81. The first-order valence-corrected chi connectivity index (χ1v) is 4.83. The van der Waals surface area contributed by atoms with Crippen LogP contribution >= 0.6 is 0 Å². The standard InChI is InChI=1S/C12H13NO3/c1-9-4-2-3-5-10(9)8-13-11(14)6-7-12(15)16/h2-7H,8H2,1H3,(H,13,14)(H,15,16)/b7-6-. The van der Waals surface area contributed by atoms with Gasteiger partial charge in [0.05, 0.1) is 0 Å². The molecule has 0 aliphatic rings. The Morgan fingerprint density at radius 3 is 2.62 bits per heavy atom. The number of carbonyl (C=O) groups excluding carboxylic acids is 1. The SMILES string of the molecule is Cc1ccccc1CNC(=O)/C=C\C(=O)O. The lowest BCUT2D eigenvalue weighted by Gasteiger charge is -2.05. The van der Waals surface area contributed by atoms with Gasteiger partial charge < -0.3 is 10.4 Å². The smallest absolute Gasteiger partial charge is 0.328 e. The quantitative estimate of drug-likeness (QED) is 0.749. The van der Waals surface area contributed by atoms with Crippen molar-refractivity contribution < 1.29 is 14.7 Å². The zero-order valence-electron chi connectivity index (χ0n) is 8.93. The zero-order valence-corrected chi connectivity index (χ0v) is 8.93. The van der Waals surface area contributed by atoms with E-state index in [9.17, 15) is 9.59 Å². The molecule has 4 nitrogen and oxygen atoms in total. The number of rotatable bonds is 4. The molecule has 0 fully saturated rings. The van der Waals surface area contributed by atoms with Crippen molar-refractivity contribution in [1.82, 2.24) is 5.32 Å². The molecule has 84 valence electrons. The van der Waals surface area contributed by atoms with Gasteiger partial charge in [-0.25, -0.2) is 4.79 Å². The van der Waals surface area contributed by atoms with Crippen molar-refractivity contribution >= 4 is 11.9 Å². The first-order chi connectivity index (χ1) is 7.59. The summed E-state index contributed by atoms with van der Waals surface area (Å²) >= 11 is 0. The van der Waals surface area contributed by atoms with E-state index in [2.05, 4.69) is 5.32 Å². The fourth-order valence-corrected chi connectivity index (χ4v) is 1.20. The molecule has 1 amide bonds. The average Bonchev–Trinajstić information content (AvgIpc) is 2.25. The number of hydrogen-bond donors (Lipinski definition) is 2. The van der Waals surface area contributed by atoms with Gasteiger partial charge >= 0.3 is 5.97 Å². The van der Waals surface area contributed by atoms with Crippen molar-refractivity contribution in [1.29, 1.82) is 0 Å². The van der Waals surface area contributed by atoms with Crippen LogP contribution in [0.5, 0.6) is 0 Å². The van der Waals surface area contributed by atoms with Crippen LogP contribution in [-0.4, -0.2) is 17.0 Å². The second-order valence-electron chi connectivity index (χ2n) is 3.32. The molecule has 1 aromatic rings. The number of carboxylic acids is 1. The van der Waals surface area contributed by atoms with Crippen molar-refractivity contribution in [2.24, 2.45) is 0 Å². The van der Waals surface area contributed by atoms with E-state index in [-0.39, 0.29) is 0 Å². The number of carbonyl (C=O) groups is 2. The molecule has 0 aromatic heterocycles. The number of aliphatic carboxylic acids is 1. The molecule has 0 unspecified atom stereocenters. The van der Waals surface area contributed by atoms with E-state index >= 15 is 0 Å². The molecule has 0 radical (unpaired) electrons. The lowest BCUT2D eigenvalue weighted by molar-refractivity contribution is -0.131. The van der Waals surface area contributed by atoms with Crippen LogP contribution in [0.1, 0.15) is 11.1 Å². The van der Waals surface area contributed by atoms with Gasteiger partial charge in [-0.05, 0) is 18.1 Å². The summed E-state index contributed by atoms with van der Waals surface area (Å²) in [5.41, 5.74) is 2.10. The van der Waals surface area contributed by atoms with E-state index in [1.54, 1.807) is 0 Å². The third-order valence-electron chi connectivity index (χ3n) is 2.09. The average molecular weight is 219 g/mol. The summed E-state index contributed by atoms with van der Waals surface area (Å²) in [5.74, 6) is -1.54. The minimum Gasteiger partial charge on any atom is -0.478 e. The van der Waals surface area contributed by atoms with Gasteiger partial charge in [0, 0.05) is 18.7 Å². The Kier molecular flexibility index (Phi) is 4.27. The van der Waals surface area contributed by atoms with Crippen LogP contribution in [0.15, 0.2) is 36.4 Å². The van der Waals surface area contributed by atoms with Crippen molar-refractivity contribution in [3.63, 3.8) is 0 Å². The summed E-state index contributed by atoms with van der Waals surface area (Å²) < 4.78 is 0. The molecule has 0 saturated heterocycles. The molecule has 0 aliphatic heterocycles. The molecule has 4 heteroatoms. The highest BCUT2D eigenvalue weighted by atomic mass is 16.4. The number of nitrogens with one attached hydrogen (secondary N) is 1. The highest BCUT2D eigenvalue weighted by molar-refractivity contribution is 5.93. The second kappa shape index (κ2) is 5.70. The maximum Gasteiger partial charge on any atom is 0.328 e. The lowest BCUT2D eigenvalue weighted by atomic mass is 10.1. The van der Waals surface area contributed by atoms with Crippen molar-refractivity contribution in [3.8, 4) is 0 Å². The van der Waals surface area contributed by atoms with E-state index in [1.165, 1.54) is 0 Å². The molecular formula is C12H13NO3. The summed E-state index contributed by atoms with van der Waals surface area (Å²) in [6, 6.07) is 7.68. The van der Waals surface area contributed by atoms with Crippen LogP contribution in [0.3, 0.4) is 0 Å². The van der Waals surface area contributed by atoms with Gasteiger partial charge in [0.1, 0.15) is 0 Å². The van der Waals surface area contributed by atoms with Gasteiger partial charge in [-0.1, -0.05) is 24.3 Å². The Labute approximate surface area is 93.6 Å². The van der Waals surface area contributed by atoms with Gasteiger partial charge in [-0.2, -0.15) is 0 Å². The predicted octanol–water partition coefficient (Wildman–Crippen LogP) is 1.25. The molecule has 1 rings (SSSR count). The van der Waals surface area contributed by atoms with Crippen LogP contribution < -0.4 is 5.32 Å². The Morgan fingerprint density at radius 2 is 2.00 bits per heavy atom. The lowest BCUT2D eigenvalue weighted by Crippen LogP contribution is -2.21. The molecule has 0 heterocycles. The van der Waals surface area contributed by atoms with E-state index in [0.29, 0.717) is 6.54 Å². The summed E-state index contributed by atoms with van der Waals surface area (Å²) in [5, 5.41) is 10.9. The molecule has 2 N–H and O–H groups in total. The second-order valence-corrected chi connectivity index (χ2v) is 3.32. The maximum absolute atomic E-state index is 11.2. The number of aryl methyl sites for hydroxylation is 1. The fraction of sp³-hybridized carbons (Fsp3) is 0.167. The van der Waals surface area contributed by atoms with Crippen molar-refractivity contribution in [2.45, 2.75) is 13.5 Å². The van der Waals surface area contributed by atoms with E-state index < -0.39 is 11.9 Å². The minimum absolute atomic E-state index is 0.398. The van der Waals surface area contributed by atoms with E-state index in [1.807, 2.05) is 31.2 Å². The van der Waals surface area contributed by atoms with E-state index in [0.717, 1.165) is 23.3 Å². The van der Waals surface area contributed by atoms with Gasteiger partial charge in [-0.15, -0.1) is 0 Å². The molecule has 0 bridgehead atoms. The van der Waals surface area contributed by atoms with Crippen LogP contribution in [0, 0.1) is 6.92 Å². The van der Waals surface area contributed by atoms with Gasteiger partial charge in [-0.3, -0.25) is 4.79 Å². The zero-order chi connectivity index (χ0) is 12.0. The van der Waals surface area contributed by atoms with Crippen LogP contribution in [0.2, 0.25) is 0 Å². The van der Waals surface area contributed by atoms with Crippen LogP contribution in [0.25, 0.3) is 0 Å². The third-order valence-corrected chi connectivity index (χ3v) is 2.09. The number of hydrogen-bond acceptors (Lipinski definition) is 2. The Balaban J connectivity index is 2.49. The minimum atomic E-state index is -1.13. The highest BCUT2D eigenvalue weighted by Crippen LogP contribution is 2.05. The summed E-state index contributed by atoms with van der Waals surface area (Å²) in [4.78, 5) is 21.3. The fourth-order valence-electron chi connectivity index (χ4n) is 1.20. The monoisotopic (exact) mass is 219 g/mol. The first kappa shape index (κ1) is 12.0. The van der Waals surface area contributed by atoms with Gasteiger partial charge in [0.25, 0.3) is 0 Å². The molecule has 0 spiro atoms. The summed E-state index contributed by atoms with van der Waals surface area (Å²) in [6.45, 7) is 2.35. The van der Waals surface area contributed by atoms with Crippen molar-refractivity contribution in [3.05, 3.63) is 47.5 Å². The van der Waals surface area contributed by atoms with Crippen LogP contribution in [0.4, 0.5) is 0 Å². The number of carboxylic acid groups (broad SMARTS) is 1. The van der Waals surface area contributed by atoms with E-state index in [4.69, 9.17) is 5.11 Å². The Morgan fingerprint density at radius 1 is 1.31 bits per heavy atom. The predicted molar refractivity (Wildman–Crippen MR) is 59.8 cm³/mol. The first-order valence-electron chi connectivity index (χ1n) is 4.83. The van der Waals surface area contributed by atoms with Gasteiger partial charge in [0.2, 0.25) is 5.91 Å². The maximum atomic E-state index is 11.2. The number of benzene rings is 1. The largest absolute Gasteiger partial charge is 0.478 e. The highest BCUT2D eigenvalue weighted by Gasteiger charge is 1.99. The normalized spacial score (nSPS) is 10.3. The van der Waals surface area contributed by atoms with Gasteiger partial charge in [0.15, 0.2) is 0 Å². The molecule has 1 aromatic carbocycles. The molecular weight excluding hydrogens is 206 g/mol. The Bertz CT molecular complexity index is 424. The molecule has 16 heavy (non-hydrogen) atoms. The summed E-state index contributed by atoms with van der Waals surface area (Å²) in [7, 11) is 0. The molecule has 0 atom stereocenters. The topological polar surface area (TPSA) is 66.4 Å². The molecule has 0 aliphatic carbocycles. The van der Waals surface area contributed by atoms with Crippen molar-refractivity contribution in [2.75, 3.05) is 0 Å². The number of amides is 1. The Hall–Kier alpha value is -2.10.